The van der Waals surface area contributed by atoms with Crippen LogP contribution in [0.3, 0.4) is 0 Å². The lowest BCUT2D eigenvalue weighted by atomic mass is 9.98. The van der Waals surface area contributed by atoms with Crippen molar-refractivity contribution in [3.63, 3.8) is 0 Å². The molecule has 282 valence electrons. The quantitative estimate of drug-likeness (QED) is 0.144. The Balaban J connectivity index is 0.952. The molecule has 0 saturated heterocycles. The molecule has 3 heteroatoms. The van der Waals surface area contributed by atoms with Crippen LogP contribution in [-0.4, -0.2) is 9.55 Å². The van der Waals surface area contributed by atoms with Gasteiger partial charge in [-0.2, -0.15) is 0 Å². The van der Waals surface area contributed by atoms with Gasteiger partial charge in [-0.3, -0.25) is 4.57 Å². The number of hydrogen-bond donors (Lipinski definition) is 0. The molecular formula is C57H39N3. The Morgan fingerprint density at radius 3 is 1.53 bits per heavy atom. The van der Waals surface area contributed by atoms with Crippen LogP contribution in [0.1, 0.15) is 0 Å². The fourth-order valence-electron chi connectivity index (χ4n) is 8.58. The van der Waals surface area contributed by atoms with E-state index in [2.05, 4.69) is 240 Å². The minimum Gasteiger partial charge on any atom is -0.310 e. The van der Waals surface area contributed by atoms with Crippen LogP contribution in [-0.2, 0) is 0 Å². The molecule has 0 aliphatic rings. The summed E-state index contributed by atoms with van der Waals surface area (Å²) in [5.74, 6) is 0.932. The number of anilines is 3. The smallest absolute Gasteiger partial charge is 0.145 e. The summed E-state index contributed by atoms with van der Waals surface area (Å²) in [7, 11) is 0. The number of nitrogens with zero attached hydrogens (tertiary/aromatic N) is 3. The van der Waals surface area contributed by atoms with Crippen LogP contribution in [0.25, 0.3) is 83.0 Å². The second-order valence-electron chi connectivity index (χ2n) is 15.2. The zero-order chi connectivity index (χ0) is 39.8. The largest absolute Gasteiger partial charge is 0.310 e. The van der Waals surface area contributed by atoms with Crippen LogP contribution in [0.15, 0.2) is 237 Å². The Morgan fingerprint density at radius 2 is 0.817 bits per heavy atom. The highest BCUT2D eigenvalue weighted by Crippen LogP contribution is 2.40. The van der Waals surface area contributed by atoms with E-state index < -0.39 is 0 Å². The summed E-state index contributed by atoms with van der Waals surface area (Å²) >= 11 is 0. The summed E-state index contributed by atoms with van der Waals surface area (Å²) in [6, 6.07) is 84.7. The highest BCUT2D eigenvalue weighted by Gasteiger charge is 2.17. The van der Waals surface area contributed by atoms with Gasteiger partial charge in [0.05, 0.1) is 11.0 Å². The number of para-hydroxylation sites is 1. The fourth-order valence-corrected chi connectivity index (χ4v) is 8.58. The van der Waals surface area contributed by atoms with Gasteiger partial charge in [-0.25, -0.2) is 4.98 Å². The highest BCUT2D eigenvalue weighted by molar-refractivity contribution is 6.08. The first kappa shape index (κ1) is 35.2. The van der Waals surface area contributed by atoms with E-state index in [1.807, 2.05) is 6.07 Å². The summed E-state index contributed by atoms with van der Waals surface area (Å²) in [6.07, 6.45) is 0. The van der Waals surface area contributed by atoms with Crippen molar-refractivity contribution in [2.24, 2.45) is 0 Å². The van der Waals surface area contributed by atoms with E-state index in [0.29, 0.717) is 0 Å². The fraction of sp³-hybridized carbons (Fsp3) is 0. The maximum Gasteiger partial charge on any atom is 0.145 e. The zero-order valence-corrected chi connectivity index (χ0v) is 32.9. The molecule has 0 N–H and O–H groups in total. The second-order valence-corrected chi connectivity index (χ2v) is 15.2. The summed E-state index contributed by atoms with van der Waals surface area (Å²) in [6.45, 7) is 0. The van der Waals surface area contributed by atoms with E-state index in [9.17, 15) is 0 Å². The Hall–Kier alpha value is -8.01. The molecule has 0 radical (unpaired) electrons. The summed E-state index contributed by atoms with van der Waals surface area (Å²) in [5, 5.41) is 4.99. The molecule has 0 fully saturated rings. The van der Waals surface area contributed by atoms with E-state index in [1.165, 1.54) is 32.7 Å². The second kappa shape index (κ2) is 15.1. The van der Waals surface area contributed by atoms with Crippen LogP contribution in [0, 0.1) is 0 Å². The normalized spacial score (nSPS) is 11.3. The maximum absolute atomic E-state index is 5.21. The van der Waals surface area contributed by atoms with Crippen molar-refractivity contribution >= 4 is 49.6 Å². The lowest BCUT2D eigenvalue weighted by Gasteiger charge is -2.26. The number of rotatable bonds is 8. The molecule has 0 amide bonds. The molecule has 60 heavy (non-hydrogen) atoms. The summed E-state index contributed by atoms with van der Waals surface area (Å²) < 4.78 is 2.26. The molecule has 1 aromatic heterocycles. The highest BCUT2D eigenvalue weighted by atomic mass is 15.1. The van der Waals surface area contributed by atoms with Crippen molar-refractivity contribution in [1.82, 2.24) is 9.55 Å². The number of aromatic nitrogens is 2. The molecule has 3 nitrogen and oxygen atoms in total. The van der Waals surface area contributed by atoms with E-state index >= 15 is 0 Å². The minimum atomic E-state index is 0.932. The molecule has 0 aliphatic carbocycles. The van der Waals surface area contributed by atoms with Crippen molar-refractivity contribution in [2.45, 2.75) is 0 Å². The van der Waals surface area contributed by atoms with E-state index in [1.54, 1.807) is 0 Å². The lowest BCUT2D eigenvalue weighted by molar-refractivity contribution is 1.10. The average Bonchev–Trinajstić information content (AvgIpc) is 3.72. The zero-order valence-electron chi connectivity index (χ0n) is 32.9. The standard InChI is InChI=1S/C57H39N3/c1-4-13-40(14-5-1)41-25-30-50(31-26-41)59(52-34-35-54-48(38-52)24-23-43-15-10-11-22-53(43)54)51-32-27-42(28-33-51)45-18-12-19-46(37-45)47-29-36-56-55(39-47)58-57(44-16-6-2-7-17-44)60(56)49-20-8-3-9-21-49/h1-39H. The minimum absolute atomic E-state index is 0.932. The molecule has 0 atom stereocenters. The number of hydrogen-bond acceptors (Lipinski definition) is 2. The van der Waals surface area contributed by atoms with Gasteiger partial charge in [-0.1, -0.05) is 170 Å². The Bertz CT molecular complexity index is 3280. The van der Waals surface area contributed by atoms with Gasteiger partial charge in [-0.15, -0.1) is 0 Å². The van der Waals surface area contributed by atoms with Gasteiger partial charge >= 0.3 is 0 Å². The molecule has 0 aliphatic heterocycles. The van der Waals surface area contributed by atoms with E-state index in [4.69, 9.17) is 4.98 Å². The Morgan fingerprint density at radius 1 is 0.317 bits per heavy atom. The average molecular weight is 766 g/mol. The molecular weight excluding hydrogens is 727 g/mol. The molecule has 0 unspecified atom stereocenters. The van der Waals surface area contributed by atoms with Crippen molar-refractivity contribution in [2.75, 3.05) is 4.90 Å². The SMILES string of the molecule is c1ccc(-c2ccc(N(c3ccc(-c4cccc(-c5ccc6c(c5)nc(-c5ccccc5)n6-c5ccccc5)c4)cc3)c3ccc4c(ccc5ccccc54)c3)cc2)cc1. The van der Waals surface area contributed by atoms with Crippen LogP contribution < -0.4 is 4.90 Å². The van der Waals surface area contributed by atoms with Crippen LogP contribution in [0.2, 0.25) is 0 Å². The molecule has 0 spiro atoms. The van der Waals surface area contributed by atoms with Gasteiger partial charge in [0.2, 0.25) is 0 Å². The van der Waals surface area contributed by atoms with Crippen molar-refractivity contribution in [3.8, 4) is 50.5 Å². The van der Waals surface area contributed by atoms with Gasteiger partial charge in [0.1, 0.15) is 5.82 Å². The topological polar surface area (TPSA) is 21.1 Å². The van der Waals surface area contributed by atoms with Crippen molar-refractivity contribution < 1.29 is 0 Å². The molecule has 10 aromatic carbocycles. The molecule has 1 heterocycles. The molecule has 0 saturated carbocycles. The maximum atomic E-state index is 5.21. The monoisotopic (exact) mass is 765 g/mol. The first-order valence-electron chi connectivity index (χ1n) is 20.4. The first-order valence-corrected chi connectivity index (χ1v) is 20.4. The van der Waals surface area contributed by atoms with Crippen LogP contribution >= 0.6 is 0 Å². The predicted molar refractivity (Wildman–Crippen MR) is 253 cm³/mol. The van der Waals surface area contributed by atoms with Crippen LogP contribution in [0.5, 0.6) is 0 Å². The Labute approximate surface area is 349 Å². The molecule has 11 aromatic rings. The van der Waals surface area contributed by atoms with Crippen molar-refractivity contribution in [1.29, 1.82) is 0 Å². The summed E-state index contributed by atoms with van der Waals surface area (Å²) in [4.78, 5) is 7.57. The third kappa shape index (κ3) is 6.49. The van der Waals surface area contributed by atoms with Gasteiger partial charge in [0.15, 0.2) is 0 Å². The molecule has 0 bridgehead atoms. The first-order chi connectivity index (χ1) is 29.7. The van der Waals surface area contributed by atoms with E-state index in [0.717, 1.165) is 67.4 Å². The van der Waals surface area contributed by atoms with Crippen LogP contribution in [0.4, 0.5) is 17.1 Å². The number of imidazole rings is 1. The van der Waals surface area contributed by atoms with Gasteiger partial charge in [0.25, 0.3) is 0 Å². The lowest BCUT2D eigenvalue weighted by Crippen LogP contribution is -2.09. The van der Waals surface area contributed by atoms with Gasteiger partial charge in [0, 0.05) is 28.3 Å². The van der Waals surface area contributed by atoms with Gasteiger partial charge in [-0.05, 0) is 122 Å². The van der Waals surface area contributed by atoms with Crippen molar-refractivity contribution in [3.05, 3.63) is 237 Å². The summed E-state index contributed by atoms with van der Waals surface area (Å²) in [5.41, 5.74) is 14.5. The Kier molecular flexibility index (Phi) is 8.83. The van der Waals surface area contributed by atoms with Gasteiger partial charge < -0.3 is 4.90 Å². The number of fused-ring (bicyclic) bond motifs is 4. The van der Waals surface area contributed by atoms with E-state index in [-0.39, 0.29) is 0 Å². The third-order valence-electron chi connectivity index (χ3n) is 11.6. The third-order valence-corrected chi connectivity index (χ3v) is 11.6. The molecule has 11 rings (SSSR count). The predicted octanol–water partition coefficient (Wildman–Crippen LogP) is 15.5. The number of benzene rings is 10.